The van der Waals surface area contributed by atoms with Crippen LogP contribution < -0.4 is 10.5 Å². The van der Waals surface area contributed by atoms with Gasteiger partial charge in [0.05, 0.1) is 5.56 Å². The maximum atomic E-state index is 9.10. The zero-order valence-corrected chi connectivity index (χ0v) is 24.0. The van der Waals surface area contributed by atoms with Gasteiger partial charge in [0.1, 0.15) is 29.2 Å². The van der Waals surface area contributed by atoms with Crippen molar-refractivity contribution >= 4 is 17.0 Å². The molecule has 1 aliphatic rings. The normalized spacial score (nSPS) is 14.0. The van der Waals surface area contributed by atoms with Crippen LogP contribution >= 0.6 is 0 Å². The second kappa shape index (κ2) is 12.0. The average molecular weight is 579 g/mol. The van der Waals surface area contributed by atoms with Gasteiger partial charge in [0.2, 0.25) is 5.88 Å². The minimum atomic E-state index is 0.0952. The Morgan fingerprint density at radius 1 is 0.864 bits per heavy atom. The Bertz CT molecular complexity index is 1960. The lowest BCUT2D eigenvalue weighted by Crippen LogP contribution is -2.37. The molecule has 0 spiro atoms. The fourth-order valence-corrected chi connectivity index (χ4v) is 5.69. The van der Waals surface area contributed by atoms with Gasteiger partial charge < -0.3 is 10.5 Å². The van der Waals surface area contributed by atoms with E-state index in [4.69, 9.17) is 25.7 Å². The van der Waals surface area contributed by atoms with Crippen LogP contribution in [0.5, 0.6) is 5.88 Å². The number of likely N-dealkylation sites (tertiary alicyclic amines) is 1. The van der Waals surface area contributed by atoms with Crippen LogP contribution in [-0.4, -0.2) is 48.6 Å². The number of ether oxygens (including phenoxy) is 1. The van der Waals surface area contributed by atoms with Crippen LogP contribution in [0.4, 0.5) is 5.82 Å². The van der Waals surface area contributed by atoms with Crippen molar-refractivity contribution in [2.45, 2.75) is 25.5 Å². The molecule has 7 rings (SSSR count). The average Bonchev–Trinajstić information content (AvgIpc) is 3.45. The summed E-state index contributed by atoms with van der Waals surface area (Å²) in [6.07, 6.45) is 5.49. The summed E-state index contributed by atoms with van der Waals surface area (Å²) in [5, 5.41) is 9.10. The highest BCUT2D eigenvalue weighted by Crippen LogP contribution is 2.32. The van der Waals surface area contributed by atoms with Gasteiger partial charge in [-0.15, -0.1) is 0 Å². The summed E-state index contributed by atoms with van der Waals surface area (Å²) in [6.45, 7) is 2.70. The number of anilines is 1. The number of nitrogen functional groups attached to an aromatic ring is 1. The molecule has 9 nitrogen and oxygen atoms in total. The Labute approximate surface area is 255 Å². The zero-order chi connectivity index (χ0) is 29.9. The Hall–Kier alpha value is -5.59. The van der Waals surface area contributed by atoms with E-state index >= 15 is 0 Å². The van der Waals surface area contributed by atoms with E-state index in [0.717, 1.165) is 66.0 Å². The molecule has 0 atom stereocenters. The number of hydrogen-bond donors (Lipinski definition) is 1. The van der Waals surface area contributed by atoms with E-state index in [-0.39, 0.29) is 6.10 Å². The predicted molar refractivity (Wildman–Crippen MR) is 170 cm³/mol. The van der Waals surface area contributed by atoms with Gasteiger partial charge >= 0.3 is 0 Å². The molecule has 0 radical (unpaired) electrons. The molecular weight excluding hydrogens is 548 g/mol. The highest BCUT2D eigenvalue weighted by molar-refractivity contribution is 5.85. The Kier molecular flexibility index (Phi) is 7.41. The Morgan fingerprint density at radius 2 is 1.68 bits per heavy atom. The van der Waals surface area contributed by atoms with Gasteiger partial charge in [-0.25, -0.2) is 19.9 Å². The quantitative estimate of drug-likeness (QED) is 0.244. The van der Waals surface area contributed by atoms with Gasteiger partial charge in [-0.3, -0.25) is 9.47 Å². The molecule has 1 saturated heterocycles. The maximum Gasteiger partial charge on any atom is 0.214 e. The number of aromatic nitrogens is 5. The minimum Gasteiger partial charge on any atom is -0.474 e. The molecule has 44 heavy (non-hydrogen) atoms. The summed E-state index contributed by atoms with van der Waals surface area (Å²) in [6, 6.07) is 32.0. The Morgan fingerprint density at radius 3 is 2.45 bits per heavy atom. The van der Waals surface area contributed by atoms with Gasteiger partial charge in [-0.1, -0.05) is 48.5 Å². The van der Waals surface area contributed by atoms with Crippen molar-refractivity contribution < 1.29 is 4.74 Å². The van der Waals surface area contributed by atoms with E-state index in [2.05, 4.69) is 68.0 Å². The van der Waals surface area contributed by atoms with Crippen LogP contribution in [0.1, 0.15) is 24.1 Å². The van der Waals surface area contributed by atoms with Crippen molar-refractivity contribution in [3.05, 3.63) is 115 Å². The highest BCUT2D eigenvalue weighted by Gasteiger charge is 2.22. The van der Waals surface area contributed by atoms with Crippen molar-refractivity contribution in [2.24, 2.45) is 0 Å². The number of nitriles is 1. The largest absolute Gasteiger partial charge is 0.474 e. The highest BCUT2D eigenvalue weighted by atomic mass is 16.5. The van der Waals surface area contributed by atoms with Crippen molar-refractivity contribution in [3.8, 4) is 40.2 Å². The number of nitrogens with zero attached hydrogens (tertiary/aromatic N) is 7. The fourth-order valence-electron chi connectivity index (χ4n) is 5.69. The van der Waals surface area contributed by atoms with Gasteiger partial charge in [0, 0.05) is 49.3 Å². The number of imidazole rings is 1. The third-order valence-corrected chi connectivity index (χ3v) is 7.94. The lowest BCUT2D eigenvalue weighted by Gasteiger charge is -2.31. The van der Waals surface area contributed by atoms with Crippen molar-refractivity contribution in [2.75, 3.05) is 18.8 Å². The van der Waals surface area contributed by atoms with Crippen LogP contribution in [0.3, 0.4) is 0 Å². The molecule has 216 valence electrons. The summed E-state index contributed by atoms with van der Waals surface area (Å²) >= 11 is 0. The fraction of sp³-hybridized carbons (Fsp3) is 0.171. The third-order valence-electron chi connectivity index (χ3n) is 7.94. The van der Waals surface area contributed by atoms with Crippen LogP contribution in [-0.2, 0) is 6.54 Å². The van der Waals surface area contributed by atoms with Gasteiger partial charge in [-0.2, -0.15) is 5.26 Å². The van der Waals surface area contributed by atoms with Crippen LogP contribution in [0, 0.1) is 11.3 Å². The van der Waals surface area contributed by atoms with Crippen LogP contribution in [0.2, 0.25) is 0 Å². The molecule has 0 unspecified atom stereocenters. The first-order chi connectivity index (χ1) is 21.6. The molecule has 0 saturated carbocycles. The molecule has 1 fully saturated rings. The molecule has 4 aromatic heterocycles. The lowest BCUT2D eigenvalue weighted by atomic mass is 10.1. The van der Waals surface area contributed by atoms with Crippen LogP contribution in [0.15, 0.2) is 103 Å². The topological polar surface area (TPSA) is 119 Å². The van der Waals surface area contributed by atoms with Gasteiger partial charge in [0.25, 0.3) is 0 Å². The molecule has 6 aromatic rings. The molecule has 1 aliphatic heterocycles. The molecule has 0 bridgehead atoms. The van der Waals surface area contributed by atoms with Crippen molar-refractivity contribution in [3.63, 3.8) is 0 Å². The first-order valence-electron chi connectivity index (χ1n) is 14.6. The molecule has 2 aromatic carbocycles. The summed E-state index contributed by atoms with van der Waals surface area (Å²) in [4.78, 5) is 20.9. The second-order valence-electron chi connectivity index (χ2n) is 10.9. The summed E-state index contributed by atoms with van der Waals surface area (Å²) in [5.74, 6) is 1.64. The van der Waals surface area contributed by atoms with Crippen molar-refractivity contribution in [1.82, 2.24) is 29.4 Å². The summed E-state index contributed by atoms with van der Waals surface area (Å²) in [7, 11) is 0. The van der Waals surface area contributed by atoms with Crippen molar-refractivity contribution in [1.29, 1.82) is 5.26 Å². The van der Waals surface area contributed by atoms with E-state index in [1.54, 1.807) is 18.3 Å². The monoisotopic (exact) mass is 578 g/mol. The lowest BCUT2D eigenvalue weighted by molar-refractivity contribution is 0.0932. The molecular formula is C35H30N8O. The molecule has 2 N–H and O–H groups in total. The van der Waals surface area contributed by atoms with E-state index < -0.39 is 0 Å². The number of benzene rings is 2. The summed E-state index contributed by atoms with van der Waals surface area (Å²) in [5.41, 5.74) is 13.3. The van der Waals surface area contributed by atoms with E-state index in [0.29, 0.717) is 23.2 Å². The number of pyridine rings is 3. The zero-order valence-electron chi connectivity index (χ0n) is 24.0. The number of fused-ring (bicyclic) bond motifs is 1. The first-order valence-corrected chi connectivity index (χ1v) is 14.6. The first kappa shape index (κ1) is 27.3. The van der Waals surface area contributed by atoms with E-state index in [9.17, 15) is 0 Å². The number of piperidine rings is 1. The van der Waals surface area contributed by atoms with Gasteiger partial charge in [0.15, 0.2) is 11.5 Å². The third kappa shape index (κ3) is 5.59. The number of nitrogens with two attached hydrogens (primary N) is 1. The smallest absolute Gasteiger partial charge is 0.214 e. The predicted octanol–water partition coefficient (Wildman–Crippen LogP) is 6.04. The van der Waals surface area contributed by atoms with E-state index in [1.165, 1.54) is 5.56 Å². The SMILES string of the molecule is N#Cc1cccc(OC2CCN(Cc3ccc(-n4c(-c5cccnc5N)nc5cc(-c6ccccc6)cnc54)cc3)CC2)n1. The number of rotatable bonds is 7. The molecule has 0 aliphatic carbocycles. The standard InChI is InChI=1S/C35H30N8O/c36-21-27-8-4-10-32(40-27)44-29-15-18-42(19-16-29)23-24-11-13-28(14-12-24)43-34(30-9-5-17-38-33(30)37)41-31-20-26(22-39-35(31)43)25-6-2-1-3-7-25/h1-14,17,20,22,29H,15-16,18-19,23H2,(H2,37,38). The Balaban J connectivity index is 1.11. The maximum absolute atomic E-state index is 9.10. The van der Waals surface area contributed by atoms with Gasteiger partial charge in [-0.05, 0) is 60.4 Å². The summed E-state index contributed by atoms with van der Waals surface area (Å²) < 4.78 is 8.12. The van der Waals surface area contributed by atoms with Crippen LogP contribution in [0.25, 0.3) is 39.4 Å². The second-order valence-corrected chi connectivity index (χ2v) is 10.9. The number of hydrogen-bond acceptors (Lipinski definition) is 8. The molecule has 0 amide bonds. The molecule has 5 heterocycles. The molecule has 9 heteroatoms. The van der Waals surface area contributed by atoms with E-state index in [1.807, 2.05) is 42.6 Å². The minimum absolute atomic E-state index is 0.0952.